The molecule has 1 aliphatic heterocycles. The Morgan fingerprint density at radius 1 is 1.00 bits per heavy atom. The summed E-state index contributed by atoms with van der Waals surface area (Å²) in [6.45, 7) is 0.440. The molecule has 1 heterocycles. The van der Waals surface area contributed by atoms with Crippen LogP contribution in [0.4, 0.5) is 0 Å². The van der Waals surface area contributed by atoms with E-state index in [4.69, 9.17) is 9.47 Å². The van der Waals surface area contributed by atoms with Crippen LogP contribution in [0.25, 0.3) is 0 Å². The van der Waals surface area contributed by atoms with Crippen molar-refractivity contribution in [3.63, 3.8) is 0 Å². The van der Waals surface area contributed by atoms with Gasteiger partial charge >= 0.3 is 0 Å². The Hall–Kier alpha value is -2.10. The van der Waals surface area contributed by atoms with E-state index in [1.165, 1.54) is 19.2 Å². The molecule has 0 aliphatic carbocycles. The van der Waals surface area contributed by atoms with Crippen molar-refractivity contribution in [2.45, 2.75) is 22.6 Å². The van der Waals surface area contributed by atoms with E-state index in [1.807, 2.05) is 24.3 Å². The van der Waals surface area contributed by atoms with E-state index in [2.05, 4.69) is 5.32 Å². The number of nitrogens with one attached hydrogen (secondary N) is 1. The van der Waals surface area contributed by atoms with Gasteiger partial charge in [-0.1, -0.05) is 18.2 Å². The summed E-state index contributed by atoms with van der Waals surface area (Å²) in [6, 6.07) is 12.9. The number of benzene rings is 2. The molecule has 0 spiro atoms. The fraction of sp³-hybridized carbons (Fsp3) is 0.400. The minimum Gasteiger partial charge on any atom is -0.497 e. The van der Waals surface area contributed by atoms with Gasteiger partial charge in [0.05, 0.1) is 35.9 Å². The molecule has 29 heavy (non-hydrogen) atoms. The van der Waals surface area contributed by atoms with E-state index < -0.39 is 31.0 Å². The summed E-state index contributed by atoms with van der Waals surface area (Å²) >= 11 is 0. The molecule has 9 heteroatoms. The van der Waals surface area contributed by atoms with E-state index >= 15 is 0 Å². The average molecular weight is 440 g/mol. The minimum absolute atomic E-state index is 0.0944. The van der Waals surface area contributed by atoms with Crippen LogP contribution in [-0.2, 0) is 26.1 Å². The van der Waals surface area contributed by atoms with Gasteiger partial charge in [0.1, 0.15) is 11.5 Å². The summed E-state index contributed by atoms with van der Waals surface area (Å²) in [5.74, 6) is 0.706. The molecule has 1 saturated heterocycles. The fourth-order valence-electron chi connectivity index (χ4n) is 3.55. The third-order valence-electron chi connectivity index (χ3n) is 5.08. The van der Waals surface area contributed by atoms with E-state index in [9.17, 15) is 16.8 Å². The molecule has 1 N–H and O–H groups in total. The van der Waals surface area contributed by atoms with Gasteiger partial charge in [0.2, 0.25) is 0 Å². The Balaban J connectivity index is 1.76. The summed E-state index contributed by atoms with van der Waals surface area (Å²) < 4.78 is 61.0. The van der Waals surface area contributed by atoms with Crippen molar-refractivity contribution in [2.75, 3.05) is 32.3 Å². The van der Waals surface area contributed by atoms with Crippen LogP contribution in [0.2, 0.25) is 0 Å². The molecule has 158 valence electrons. The van der Waals surface area contributed by atoms with Crippen molar-refractivity contribution in [1.29, 1.82) is 0 Å². The molecule has 1 aliphatic rings. The Morgan fingerprint density at radius 2 is 1.69 bits per heavy atom. The van der Waals surface area contributed by atoms with Crippen LogP contribution in [0.3, 0.4) is 0 Å². The molecule has 1 fully saturated rings. The standard InChI is InChI=1S/C20H25NO6S2/c1-26-16-7-9-17(10-8-16)29(24,25)20-14-28(22,23)13-18(20)21-12-11-15-5-3-4-6-19(15)27-2/h3-10,18,20-21H,11-14H2,1-2H3/t18-,20-/m1/s1. The van der Waals surface area contributed by atoms with Crippen molar-refractivity contribution in [2.24, 2.45) is 0 Å². The maximum Gasteiger partial charge on any atom is 0.183 e. The smallest absolute Gasteiger partial charge is 0.183 e. The van der Waals surface area contributed by atoms with Crippen LogP contribution < -0.4 is 14.8 Å². The number of sulfone groups is 2. The van der Waals surface area contributed by atoms with E-state index in [1.54, 1.807) is 19.2 Å². The van der Waals surface area contributed by atoms with Gasteiger partial charge in [-0.25, -0.2) is 16.8 Å². The molecular weight excluding hydrogens is 414 g/mol. The number of methoxy groups -OCH3 is 2. The molecular formula is C20H25NO6S2. The lowest BCUT2D eigenvalue weighted by Crippen LogP contribution is -2.44. The highest BCUT2D eigenvalue weighted by atomic mass is 32.2. The molecule has 0 aromatic heterocycles. The zero-order valence-electron chi connectivity index (χ0n) is 16.4. The Labute approximate surface area is 171 Å². The van der Waals surface area contributed by atoms with Gasteiger partial charge in [-0.05, 0) is 48.9 Å². The van der Waals surface area contributed by atoms with Gasteiger partial charge in [0.15, 0.2) is 19.7 Å². The van der Waals surface area contributed by atoms with Crippen LogP contribution >= 0.6 is 0 Å². The maximum atomic E-state index is 13.1. The number of hydrogen-bond donors (Lipinski definition) is 1. The van der Waals surface area contributed by atoms with Gasteiger partial charge in [0, 0.05) is 6.04 Å². The third kappa shape index (κ3) is 4.91. The first-order chi connectivity index (χ1) is 13.8. The summed E-state index contributed by atoms with van der Waals surface area (Å²) in [7, 11) is -4.18. The lowest BCUT2D eigenvalue weighted by Gasteiger charge is -2.20. The predicted molar refractivity (Wildman–Crippen MR) is 111 cm³/mol. The van der Waals surface area contributed by atoms with Gasteiger partial charge in [0.25, 0.3) is 0 Å². The van der Waals surface area contributed by atoms with Gasteiger partial charge in [-0.15, -0.1) is 0 Å². The van der Waals surface area contributed by atoms with E-state index in [-0.39, 0.29) is 16.4 Å². The molecule has 3 rings (SSSR count). The van der Waals surface area contributed by atoms with Crippen LogP contribution in [-0.4, -0.2) is 60.4 Å². The molecule has 0 saturated carbocycles. The highest BCUT2D eigenvalue weighted by Gasteiger charge is 2.45. The molecule has 7 nitrogen and oxygen atoms in total. The monoisotopic (exact) mass is 439 g/mol. The lowest BCUT2D eigenvalue weighted by atomic mass is 10.1. The second-order valence-electron chi connectivity index (χ2n) is 6.96. The van der Waals surface area contributed by atoms with Crippen molar-refractivity contribution in [3.8, 4) is 11.5 Å². The summed E-state index contributed by atoms with van der Waals surface area (Å²) in [5, 5.41) is 2.12. The summed E-state index contributed by atoms with van der Waals surface area (Å²) in [5.41, 5.74) is 0.970. The fourth-order valence-corrected chi connectivity index (χ4v) is 8.27. The topological polar surface area (TPSA) is 98.8 Å². The zero-order chi connectivity index (χ0) is 21.1. The number of rotatable bonds is 8. The van der Waals surface area contributed by atoms with Crippen LogP contribution in [0.1, 0.15) is 5.56 Å². The first-order valence-corrected chi connectivity index (χ1v) is 12.6. The quantitative estimate of drug-likeness (QED) is 0.665. The lowest BCUT2D eigenvalue weighted by molar-refractivity contribution is 0.408. The largest absolute Gasteiger partial charge is 0.497 e. The van der Waals surface area contributed by atoms with E-state index in [0.717, 1.165) is 11.3 Å². The van der Waals surface area contributed by atoms with Crippen LogP contribution in [0.15, 0.2) is 53.4 Å². The second-order valence-corrected chi connectivity index (χ2v) is 11.3. The number of ether oxygens (including phenoxy) is 2. The minimum atomic E-state index is -3.81. The molecule has 0 radical (unpaired) electrons. The first-order valence-electron chi connectivity index (χ1n) is 9.20. The zero-order valence-corrected chi connectivity index (χ0v) is 18.0. The van der Waals surface area contributed by atoms with Gasteiger partial charge < -0.3 is 14.8 Å². The van der Waals surface area contributed by atoms with E-state index in [0.29, 0.717) is 18.7 Å². The van der Waals surface area contributed by atoms with Crippen molar-refractivity contribution in [1.82, 2.24) is 5.32 Å². The SMILES string of the molecule is COc1ccc(S(=O)(=O)[C@@H]2CS(=O)(=O)C[C@H]2NCCc2ccccc2OC)cc1. The highest BCUT2D eigenvalue weighted by molar-refractivity contribution is 7.96. The second kappa shape index (κ2) is 8.73. The van der Waals surface area contributed by atoms with Gasteiger partial charge in [-0.2, -0.15) is 0 Å². The molecule has 2 atom stereocenters. The number of para-hydroxylation sites is 1. The van der Waals surface area contributed by atoms with Gasteiger partial charge in [-0.3, -0.25) is 0 Å². The van der Waals surface area contributed by atoms with Crippen molar-refractivity contribution in [3.05, 3.63) is 54.1 Å². The average Bonchev–Trinajstić information content (AvgIpc) is 3.03. The van der Waals surface area contributed by atoms with Crippen molar-refractivity contribution >= 4 is 19.7 Å². The maximum absolute atomic E-state index is 13.1. The Kier molecular flexibility index (Phi) is 6.50. The summed E-state index contributed by atoms with van der Waals surface area (Å²) in [6.07, 6.45) is 0.593. The molecule has 2 aromatic carbocycles. The highest BCUT2D eigenvalue weighted by Crippen LogP contribution is 2.27. The molecule has 0 unspecified atom stereocenters. The number of hydrogen-bond acceptors (Lipinski definition) is 7. The molecule has 0 bridgehead atoms. The molecule has 2 aromatic rings. The molecule has 0 amide bonds. The predicted octanol–water partition coefficient (Wildman–Crippen LogP) is 1.48. The Morgan fingerprint density at radius 3 is 2.34 bits per heavy atom. The normalized spacial score (nSPS) is 21.0. The summed E-state index contributed by atoms with van der Waals surface area (Å²) in [4.78, 5) is 0.0944. The van der Waals surface area contributed by atoms with Crippen LogP contribution in [0.5, 0.6) is 11.5 Å². The third-order valence-corrected chi connectivity index (χ3v) is 9.25. The van der Waals surface area contributed by atoms with Crippen LogP contribution in [0, 0.1) is 0 Å². The first kappa shape index (κ1) is 21.6. The van der Waals surface area contributed by atoms with Crippen molar-refractivity contribution < 1.29 is 26.3 Å². The Bertz CT molecular complexity index is 1050.